The Balaban J connectivity index is 1.36. The number of halogens is 1. The lowest BCUT2D eigenvalue weighted by molar-refractivity contribution is 0.0697. The van der Waals surface area contributed by atoms with Gasteiger partial charge < -0.3 is 18.9 Å². The van der Waals surface area contributed by atoms with E-state index in [0.29, 0.717) is 31.5 Å². The van der Waals surface area contributed by atoms with E-state index in [-0.39, 0.29) is 5.56 Å². The Morgan fingerprint density at radius 3 is 2.46 bits per heavy atom. The van der Waals surface area contributed by atoms with Crippen LogP contribution in [0, 0.1) is 6.92 Å². The van der Waals surface area contributed by atoms with Crippen molar-refractivity contribution in [3.8, 4) is 22.8 Å². The molecule has 0 spiro atoms. The number of nitrogens with zero attached hydrogens (tertiary/aromatic N) is 4. The summed E-state index contributed by atoms with van der Waals surface area (Å²) in [7, 11) is 0. The summed E-state index contributed by atoms with van der Waals surface area (Å²) < 4.78 is 14.2. The third-order valence-corrected chi connectivity index (χ3v) is 6.30. The number of rotatable bonds is 9. The number of carboxylic acid groups (broad SMARTS) is 1. The molecular weight excluding hydrogens is 536 g/mol. The lowest BCUT2D eigenvalue weighted by Gasteiger charge is -2.08. The summed E-state index contributed by atoms with van der Waals surface area (Å²) in [5.74, 6) is 0.901. The lowest BCUT2D eigenvalue weighted by atomic mass is 10.1. The largest absolute Gasteiger partial charge is 0.478 e. The van der Waals surface area contributed by atoms with Gasteiger partial charge in [0.05, 0.1) is 24.5 Å². The molecule has 0 fully saturated rings. The van der Waals surface area contributed by atoms with E-state index in [2.05, 4.69) is 26.1 Å². The van der Waals surface area contributed by atoms with E-state index in [9.17, 15) is 9.90 Å². The second kappa shape index (κ2) is 10.9. The zero-order valence-electron chi connectivity index (χ0n) is 20.0. The summed E-state index contributed by atoms with van der Waals surface area (Å²) in [5, 5.41) is 13.2. The summed E-state index contributed by atoms with van der Waals surface area (Å²) in [6.07, 6.45) is 1.97. The van der Waals surface area contributed by atoms with Gasteiger partial charge in [0, 0.05) is 35.3 Å². The molecule has 5 rings (SSSR count). The Hall–Kier alpha value is -4.08. The third-order valence-electron chi connectivity index (χ3n) is 5.78. The maximum Gasteiger partial charge on any atom is 0.335 e. The molecule has 1 N–H and O–H groups in total. The summed E-state index contributed by atoms with van der Waals surface area (Å²) in [6, 6.07) is 22.6. The molecule has 9 heteroatoms. The van der Waals surface area contributed by atoms with Crippen molar-refractivity contribution in [2.75, 3.05) is 0 Å². The molecule has 2 heterocycles. The van der Waals surface area contributed by atoms with E-state index in [1.165, 1.54) is 0 Å². The lowest BCUT2D eigenvalue weighted by Crippen LogP contribution is -2.02. The van der Waals surface area contributed by atoms with Crippen LogP contribution in [0.15, 0.2) is 88.0 Å². The van der Waals surface area contributed by atoms with Gasteiger partial charge >= 0.3 is 5.97 Å². The van der Waals surface area contributed by atoms with Gasteiger partial charge in [-0.15, -0.1) is 0 Å². The maximum absolute atomic E-state index is 11.2. The fourth-order valence-electron chi connectivity index (χ4n) is 3.98. The molecule has 0 aliphatic heterocycles. The van der Waals surface area contributed by atoms with Crippen molar-refractivity contribution >= 4 is 21.9 Å². The molecule has 0 amide bonds. The highest BCUT2D eigenvalue weighted by atomic mass is 79.9. The first kappa shape index (κ1) is 24.6. The van der Waals surface area contributed by atoms with Gasteiger partial charge in [-0.25, -0.2) is 9.78 Å². The molecule has 5 aromatic rings. The molecule has 0 atom stereocenters. The topological polar surface area (TPSA) is 103 Å². The smallest absolute Gasteiger partial charge is 0.335 e. The number of aryl methyl sites for hydroxylation is 1. The number of imidazole rings is 1. The van der Waals surface area contributed by atoms with E-state index in [4.69, 9.17) is 14.2 Å². The van der Waals surface area contributed by atoms with Crippen molar-refractivity contribution in [2.24, 2.45) is 0 Å². The standard InChI is InChI=1S/C28H23BrN4O4/c1-18-30-26(32-37-18)25-5-3-2-4-22(25)16-36-17-24-15-33(14-19-6-8-21(9-7-19)28(34)35)27(31-24)20-10-12-23(29)13-11-20/h2-13,15H,14,16-17H2,1H3,(H,34,35). The molecule has 186 valence electrons. The second-order valence-electron chi connectivity index (χ2n) is 8.48. The SMILES string of the molecule is Cc1nc(-c2ccccc2COCc2cn(Cc3ccc(C(=O)O)cc3)c(-c3ccc(Br)cc3)n2)no1. The van der Waals surface area contributed by atoms with Gasteiger partial charge in [-0.05, 0) is 35.4 Å². The van der Waals surface area contributed by atoms with Gasteiger partial charge in [-0.1, -0.05) is 69.6 Å². The maximum atomic E-state index is 11.2. The van der Waals surface area contributed by atoms with Crippen LogP contribution < -0.4 is 0 Å². The number of benzene rings is 3. The van der Waals surface area contributed by atoms with Crippen LogP contribution in [0.3, 0.4) is 0 Å². The predicted molar refractivity (Wildman–Crippen MR) is 141 cm³/mol. The zero-order chi connectivity index (χ0) is 25.8. The molecule has 0 saturated heterocycles. The molecule has 0 aliphatic carbocycles. The number of carboxylic acids is 1. The fraction of sp³-hybridized carbons (Fsp3) is 0.143. The van der Waals surface area contributed by atoms with Gasteiger partial charge in [-0.3, -0.25) is 0 Å². The Morgan fingerprint density at radius 2 is 1.76 bits per heavy atom. The highest BCUT2D eigenvalue weighted by Gasteiger charge is 2.14. The van der Waals surface area contributed by atoms with Crippen molar-refractivity contribution in [3.63, 3.8) is 0 Å². The highest BCUT2D eigenvalue weighted by molar-refractivity contribution is 9.10. The van der Waals surface area contributed by atoms with Crippen LogP contribution in [0.5, 0.6) is 0 Å². The van der Waals surface area contributed by atoms with Crippen molar-refractivity contribution in [1.82, 2.24) is 19.7 Å². The van der Waals surface area contributed by atoms with E-state index in [1.54, 1.807) is 19.1 Å². The number of hydrogen-bond donors (Lipinski definition) is 1. The van der Waals surface area contributed by atoms with Crippen molar-refractivity contribution in [3.05, 3.63) is 112 Å². The third kappa shape index (κ3) is 5.84. The Morgan fingerprint density at radius 1 is 1.00 bits per heavy atom. The van der Waals surface area contributed by atoms with Crippen molar-refractivity contribution in [1.29, 1.82) is 0 Å². The first-order valence-electron chi connectivity index (χ1n) is 11.6. The van der Waals surface area contributed by atoms with E-state index < -0.39 is 5.97 Å². The molecule has 0 bridgehead atoms. The number of hydrogen-bond acceptors (Lipinski definition) is 6. The minimum atomic E-state index is -0.944. The number of carbonyl (C=O) groups is 1. The second-order valence-corrected chi connectivity index (χ2v) is 9.40. The minimum absolute atomic E-state index is 0.257. The molecule has 37 heavy (non-hydrogen) atoms. The van der Waals surface area contributed by atoms with Crippen molar-refractivity contribution in [2.45, 2.75) is 26.7 Å². The number of aromatic nitrogens is 4. The quantitative estimate of drug-likeness (QED) is 0.232. The van der Waals surface area contributed by atoms with Gasteiger partial charge in [0.25, 0.3) is 0 Å². The minimum Gasteiger partial charge on any atom is -0.478 e. The summed E-state index contributed by atoms with van der Waals surface area (Å²) in [6.45, 7) is 2.97. The van der Waals surface area contributed by atoms with Gasteiger partial charge in [0.1, 0.15) is 5.82 Å². The van der Waals surface area contributed by atoms with Crippen LogP contribution in [0.25, 0.3) is 22.8 Å². The van der Waals surface area contributed by atoms with Crippen LogP contribution in [0.2, 0.25) is 0 Å². The fourth-order valence-corrected chi connectivity index (χ4v) is 4.24. The van der Waals surface area contributed by atoms with Crippen molar-refractivity contribution < 1.29 is 19.2 Å². The monoisotopic (exact) mass is 558 g/mol. The van der Waals surface area contributed by atoms with Crippen LogP contribution >= 0.6 is 15.9 Å². The summed E-state index contributed by atoms with van der Waals surface area (Å²) >= 11 is 3.48. The first-order valence-corrected chi connectivity index (χ1v) is 12.4. The molecule has 3 aromatic carbocycles. The molecule has 0 radical (unpaired) electrons. The van der Waals surface area contributed by atoms with Gasteiger partial charge in [0.15, 0.2) is 0 Å². The Bertz CT molecular complexity index is 1520. The van der Waals surface area contributed by atoms with Gasteiger partial charge in [0.2, 0.25) is 11.7 Å². The van der Waals surface area contributed by atoms with E-state index in [0.717, 1.165) is 38.2 Å². The first-order chi connectivity index (χ1) is 18.0. The molecule has 2 aromatic heterocycles. The molecule has 8 nitrogen and oxygen atoms in total. The zero-order valence-corrected chi connectivity index (χ0v) is 21.6. The number of ether oxygens (including phenoxy) is 1. The Labute approximate surface area is 221 Å². The van der Waals surface area contributed by atoms with Crippen LogP contribution in [-0.2, 0) is 24.5 Å². The Kier molecular flexibility index (Phi) is 7.25. The molecular formula is C28H23BrN4O4. The van der Waals surface area contributed by atoms with E-state index >= 15 is 0 Å². The van der Waals surface area contributed by atoms with Crippen LogP contribution in [0.4, 0.5) is 0 Å². The number of aromatic carboxylic acids is 1. The van der Waals surface area contributed by atoms with Gasteiger partial charge in [-0.2, -0.15) is 4.98 Å². The summed E-state index contributed by atoms with van der Waals surface area (Å²) in [5.41, 5.74) is 4.80. The normalized spacial score (nSPS) is 11.1. The average Bonchev–Trinajstić information content (AvgIpc) is 3.51. The van der Waals surface area contributed by atoms with E-state index in [1.807, 2.05) is 71.4 Å². The summed E-state index contributed by atoms with van der Waals surface area (Å²) in [4.78, 5) is 20.4. The van der Waals surface area contributed by atoms with Crippen LogP contribution in [0.1, 0.15) is 33.1 Å². The highest BCUT2D eigenvalue weighted by Crippen LogP contribution is 2.25. The molecule has 0 unspecified atom stereocenters. The molecule has 0 saturated carbocycles. The average molecular weight is 559 g/mol. The predicted octanol–water partition coefficient (Wildman–Crippen LogP) is 6.13. The molecule has 0 aliphatic rings. The van der Waals surface area contributed by atoms with Crippen LogP contribution in [-0.4, -0.2) is 30.8 Å².